The van der Waals surface area contributed by atoms with E-state index in [4.69, 9.17) is 51.4 Å². The second-order valence-electron chi connectivity index (χ2n) is 15.3. The van der Waals surface area contributed by atoms with Crippen molar-refractivity contribution in [3.8, 4) is 23.5 Å². The smallest absolute Gasteiger partial charge is 0.288 e. The monoisotopic (exact) mass is 1020 g/mol. The minimum atomic E-state index is -4.61. The van der Waals surface area contributed by atoms with E-state index in [1.54, 1.807) is 34.9 Å². The topological polar surface area (TPSA) is 160 Å². The SMILES string of the molecule is C=C(c1cc(Cl)nc(Cl)c1)C(F)(F)F.CSC(=NC[Si](C)(C)C)c1ccc(-n2cncn2)c(C#N)c1.N#Cc1cc(C2=NCC(c3cc(Cl)nc(Cl)c3)(C(F)(F)F)C2)ccc1-n1cncn1. The fourth-order valence-corrected chi connectivity index (χ4v) is 8.35. The molecule has 12 nitrogen and oxygen atoms in total. The first-order valence-electron chi connectivity index (χ1n) is 18.9. The van der Waals surface area contributed by atoms with Gasteiger partial charge in [-0.3, -0.25) is 9.98 Å². The molecule has 0 N–H and O–H groups in total. The summed E-state index contributed by atoms with van der Waals surface area (Å²) in [6.07, 6.45) is -0.828. The lowest BCUT2D eigenvalue weighted by Gasteiger charge is -2.31. The zero-order valence-electron chi connectivity index (χ0n) is 35.0. The van der Waals surface area contributed by atoms with Crippen LogP contribution in [0, 0.1) is 22.7 Å². The highest BCUT2D eigenvalue weighted by atomic mass is 35.5. The maximum absolute atomic E-state index is 14.2. The molecule has 0 bridgehead atoms. The highest BCUT2D eigenvalue weighted by Crippen LogP contribution is 2.48. The van der Waals surface area contributed by atoms with Crippen molar-refractivity contribution in [3.63, 3.8) is 0 Å². The Hall–Kier alpha value is -5.61. The Morgan fingerprint density at radius 2 is 1.30 bits per heavy atom. The van der Waals surface area contributed by atoms with E-state index >= 15 is 0 Å². The fraction of sp³-hybridized carbons (Fsp3) is 0.238. The van der Waals surface area contributed by atoms with Crippen molar-refractivity contribution >= 4 is 82.6 Å². The molecular formula is C42H34Cl4F6N12SSi. The highest BCUT2D eigenvalue weighted by molar-refractivity contribution is 8.13. The van der Waals surface area contributed by atoms with Gasteiger partial charge in [-0.2, -0.15) is 47.1 Å². The van der Waals surface area contributed by atoms with Crippen LogP contribution in [-0.4, -0.2) is 89.6 Å². The van der Waals surface area contributed by atoms with E-state index in [2.05, 4.69) is 67.4 Å². The number of aromatic nitrogens is 8. The van der Waals surface area contributed by atoms with Gasteiger partial charge in [0.15, 0.2) is 0 Å². The molecule has 4 aromatic heterocycles. The first-order chi connectivity index (χ1) is 31.0. The Kier molecular flexibility index (Phi) is 16.6. The quantitative estimate of drug-likeness (QED) is 0.0475. The summed E-state index contributed by atoms with van der Waals surface area (Å²) in [6, 6.07) is 19.2. The molecule has 342 valence electrons. The standard InChI is InChI=1S/C19H11Cl2F3N6.C15H19N5SSi.C8H4Cl2F3N/c20-16-4-13(5-17(21)29-16)18(19(22,23)24)6-14(27-8-18)11-1-2-15(12(3-11)7-25)30-10-26-9-28-30;1-21-15(18-11-22(2,3)4)12-5-6-14(13(7-12)8-16)20-10-17-9-19-20;1-4(8(11,12)13)5-2-6(9)14-7(10)3-5/h1-5,9-10H,6,8H2;5-7,9-10H,11H2,1-4H3;2-3H,1H2. The Morgan fingerprint density at radius 3 is 1.76 bits per heavy atom. The van der Waals surface area contributed by atoms with Crippen LogP contribution in [-0.2, 0) is 5.41 Å². The molecule has 1 aliphatic heterocycles. The molecule has 0 amide bonds. The summed E-state index contributed by atoms with van der Waals surface area (Å²) in [5.74, 6) is 0. The van der Waals surface area contributed by atoms with Gasteiger partial charge in [-0.05, 0) is 71.5 Å². The number of hydrogen-bond acceptors (Lipinski definition) is 11. The number of nitriles is 2. The van der Waals surface area contributed by atoms with E-state index in [0.29, 0.717) is 16.8 Å². The van der Waals surface area contributed by atoms with Crippen LogP contribution < -0.4 is 0 Å². The third-order valence-corrected chi connectivity index (χ3v) is 12.0. The third-order valence-electron chi connectivity index (χ3n) is 9.36. The lowest BCUT2D eigenvalue weighted by Crippen LogP contribution is -2.43. The van der Waals surface area contributed by atoms with E-state index in [9.17, 15) is 36.9 Å². The zero-order chi connectivity index (χ0) is 48.6. The largest absolute Gasteiger partial charge is 0.416 e. The molecule has 5 heterocycles. The molecule has 0 aliphatic carbocycles. The Labute approximate surface area is 399 Å². The van der Waals surface area contributed by atoms with E-state index < -0.39 is 44.4 Å². The lowest BCUT2D eigenvalue weighted by atomic mass is 9.77. The van der Waals surface area contributed by atoms with Gasteiger partial charge in [-0.15, -0.1) is 11.8 Å². The molecule has 0 saturated heterocycles. The molecular weight excluding hydrogens is 988 g/mol. The number of allylic oxidation sites excluding steroid dienone is 1. The number of aliphatic imine (C=N–C) groups is 2. The first kappa shape index (κ1) is 51.4. The average molecular weight is 1020 g/mol. The normalized spacial score (nSPS) is 15.1. The van der Waals surface area contributed by atoms with Gasteiger partial charge >= 0.3 is 12.4 Å². The van der Waals surface area contributed by atoms with Crippen LogP contribution in [0.15, 0.2) is 103 Å². The molecule has 0 radical (unpaired) electrons. The number of thioether (sulfide) groups is 1. The summed E-state index contributed by atoms with van der Waals surface area (Å²) >= 11 is 24.2. The molecule has 7 rings (SSSR count). The van der Waals surface area contributed by atoms with Crippen LogP contribution in [0.25, 0.3) is 16.9 Å². The number of halogens is 10. The maximum atomic E-state index is 14.2. The minimum Gasteiger partial charge on any atom is -0.288 e. The van der Waals surface area contributed by atoms with E-state index in [-0.39, 0.29) is 43.0 Å². The van der Waals surface area contributed by atoms with Gasteiger partial charge in [0.25, 0.3) is 0 Å². The van der Waals surface area contributed by atoms with Gasteiger partial charge in [-0.25, -0.2) is 29.3 Å². The molecule has 1 unspecified atom stereocenters. The fourth-order valence-electron chi connectivity index (χ4n) is 6.12. The molecule has 0 fully saturated rings. The van der Waals surface area contributed by atoms with E-state index in [0.717, 1.165) is 46.7 Å². The summed E-state index contributed by atoms with van der Waals surface area (Å²) in [4.78, 5) is 23.9. The Morgan fingerprint density at radius 1 is 0.788 bits per heavy atom. The molecule has 2 aromatic carbocycles. The van der Waals surface area contributed by atoms with Gasteiger partial charge in [-0.1, -0.05) is 84.8 Å². The number of alkyl halides is 6. The van der Waals surface area contributed by atoms with Crippen LogP contribution in [0.4, 0.5) is 26.3 Å². The minimum absolute atomic E-state index is 0.0986. The predicted octanol–water partition coefficient (Wildman–Crippen LogP) is 11.6. The van der Waals surface area contributed by atoms with E-state index in [1.165, 1.54) is 29.7 Å². The van der Waals surface area contributed by atoms with E-state index in [1.807, 2.05) is 30.5 Å². The van der Waals surface area contributed by atoms with Crippen LogP contribution in [0.3, 0.4) is 0 Å². The summed E-state index contributed by atoms with van der Waals surface area (Å²) in [6.45, 7) is 9.27. The molecule has 66 heavy (non-hydrogen) atoms. The summed E-state index contributed by atoms with van der Waals surface area (Å²) in [7, 11) is -1.23. The van der Waals surface area contributed by atoms with Crippen molar-refractivity contribution in [2.24, 2.45) is 9.98 Å². The van der Waals surface area contributed by atoms with Crippen molar-refractivity contribution in [1.29, 1.82) is 10.5 Å². The first-order valence-corrected chi connectivity index (χ1v) is 25.3. The predicted molar refractivity (Wildman–Crippen MR) is 248 cm³/mol. The Bertz CT molecular complexity index is 2810. The average Bonchev–Trinajstić information content (AvgIpc) is 4.06. The van der Waals surface area contributed by atoms with Gasteiger partial charge in [0.1, 0.15) is 63.5 Å². The van der Waals surface area contributed by atoms with Gasteiger partial charge in [0.05, 0.1) is 47.7 Å². The van der Waals surface area contributed by atoms with Crippen LogP contribution in [0.5, 0.6) is 0 Å². The number of hydrogen-bond donors (Lipinski definition) is 0. The lowest BCUT2D eigenvalue weighted by molar-refractivity contribution is -0.183. The van der Waals surface area contributed by atoms with Gasteiger partial charge in [0.2, 0.25) is 0 Å². The second-order valence-corrected chi connectivity index (χ2v) is 23.0. The molecule has 1 aliphatic rings. The van der Waals surface area contributed by atoms with Crippen molar-refractivity contribution in [2.45, 2.75) is 43.8 Å². The highest BCUT2D eigenvalue weighted by Gasteiger charge is 2.58. The third kappa shape index (κ3) is 12.8. The van der Waals surface area contributed by atoms with Gasteiger partial charge < -0.3 is 0 Å². The molecule has 0 saturated carbocycles. The number of nitrogens with zero attached hydrogens (tertiary/aromatic N) is 12. The summed E-state index contributed by atoms with van der Waals surface area (Å²) in [5, 5.41) is 27.5. The molecule has 24 heteroatoms. The van der Waals surface area contributed by atoms with Gasteiger partial charge in [0, 0.05) is 23.9 Å². The number of pyridine rings is 2. The molecule has 1 atom stereocenters. The van der Waals surface area contributed by atoms with Crippen LogP contribution in [0.1, 0.15) is 39.8 Å². The summed E-state index contributed by atoms with van der Waals surface area (Å²) < 4.78 is 82.2. The molecule has 6 aromatic rings. The Balaban J connectivity index is 0.000000199. The molecule has 0 spiro atoms. The second kappa shape index (κ2) is 21.3. The van der Waals surface area contributed by atoms with Crippen LogP contribution >= 0.6 is 58.2 Å². The van der Waals surface area contributed by atoms with Crippen molar-refractivity contribution in [1.82, 2.24) is 39.5 Å². The van der Waals surface area contributed by atoms with Crippen molar-refractivity contribution < 1.29 is 26.3 Å². The zero-order valence-corrected chi connectivity index (χ0v) is 39.8. The van der Waals surface area contributed by atoms with Crippen molar-refractivity contribution in [2.75, 3.05) is 19.0 Å². The van der Waals surface area contributed by atoms with Crippen LogP contribution in [0.2, 0.25) is 40.3 Å². The summed E-state index contributed by atoms with van der Waals surface area (Å²) in [5.41, 5.74) is 0.0804. The number of benzene rings is 2. The number of rotatable bonds is 8. The van der Waals surface area contributed by atoms with Crippen molar-refractivity contribution in [3.05, 3.63) is 147 Å². The maximum Gasteiger partial charge on any atom is 0.416 e.